The van der Waals surface area contributed by atoms with Crippen molar-refractivity contribution in [3.8, 4) is 0 Å². The Labute approximate surface area is 155 Å². The number of hydrogen-bond acceptors (Lipinski definition) is 6. The number of aryl methyl sites for hydroxylation is 1. The summed E-state index contributed by atoms with van der Waals surface area (Å²) in [5, 5.41) is 21.7. The summed E-state index contributed by atoms with van der Waals surface area (Å²) in [4.78, 5) is 23.4. The Morgan fingerprint density at radius 2 is 2.08 bits per heavy atom. The van der Waals surface area contributed by atoms with E-state index in [-0.39, 0.29) is 16.8 Å². The Bertz CT molecular complexity index is 790. The van der Waals surface area contributed by atoms with E-state index in [1.54, 1.807) is 12.1 Å². The van der Waals surface area contributed by atoms with Gasteiger partial charge in [-0.1, -0.05) is 6.42 Å². The molecule has 2 aromatic rings. The minimum Gasteiger partial charge on any atom is -0.348 e. The van der Waals surface area contributed by atoms with Gasteiger partial charge in [-0.3, -0.25) is 14.9 Å². The van der Waals surface area contributed by atoms with Crippen LogP contribution in [0.2, 0.25) is 0 Å². The first-order valence-corrected chi connectivity index (χ1v) is 9.52. The molecule has 0 fully saturated rings. The summed E-state index contributed by atoms with van der Waals surface area (Å²) in [6.07, 6.45) is 4.37. The molecule has 2 heterocycles. The van der Waals surface area contributed by atoms with Crippen LogP contribution in [-0.4, -0.2) is 30.8 Å². The van der Waals surface area contributed by atoms with Crippen LogP contribution in [0.5, 0.6) is 0 Å². The van der Waals surface area contributed by atoms with Gasteiger partial charge < -0.3 is 9.88 Å². The Morgan fingerprint density at radius 1 is 1.31 bits per heavy atom. The number of nitro benzene ring substituents is 1. The smallest absolute Gasteiger partial charge is 0.269 e. The molecule has 1 aliphatic rings. The van der Waals surface area contributed by atoms with Gasteiger partial charge in [0, 0.05) is 30.0 Å². The van der Waals surface area contributed by atoms with E-state index in [0.717, 1.165) is 42.4 Å². The summed E-state index contributed by atoms with van der Waals surface area (Å²) < 4.78 is 2.11. The normalized spacial score (nSPS) is 15.0. The third kappa shape index (κ3) is 4.40. The minimum atomic E-state index is -0.438. The summed E-state index contributed by atoms with van der Waals surface area (Å²) in [6, 6.07) is 6.20. The average Bonchev–Trinajstić information content (AvgIpc) is 2.86. The molecule has 0 radical (unpaired) electrons. The molecule has 138 valence electrons. The van der Waals surface area contributed by atoms with Crippen LogP contribution in [0, 0.1) is 10.1 Å². The number of nitrogens with zero attached hydrogens (tertiary/aromatic N) is 4. The van der Waals surface area contributed by atoms with E-state index in [1.165, 1.54) is 30.3 Å². The lowest BCUT2D eigenvalue weighted by molar-refractivity contribution is -0.384. The zero-order valence-electron chi connectivity index (χ0n) is 14.6. The summed E-state index contributed by atoms with van der Waals surface area (Å²) in [6.45, 7) is 3.07. The van der Waals surface area contributed by atoms with E-state index in [9.17, 15) is 14.9 Å². The van der Waals surface area contributed by atoms with Crippen molar-refractivity contribution in [1.29, 1.82) is 0 Å². The van der Waals surface area contributed by atoms with E-state index in [2.05, 4.69) is 20.1 Å². The van der Waals surface area contributed by atoms with E-state index >= 15 is 0 Å². The molecule has 1 aromatic carbocycles. The molecule has 1 unspecified atom stereocenters. The maximum absolute atomic E-state index is 12.4. The fourth-order valence-electron chi connectivity index (χ4n) is 2.89. The Hall–Kier alpha value is -2.42. The molecular weight excluding hydrogens is 354 g/mol. The molecule has 1 N–H and O–H groups in total. The number of hydrogen-bond donors (Lipinski definition) is 1. The number of carbonyl (C=O) groups excluding carboxylic acids is 1. The van der Waals surface area contributed by atoms with Crippen LogP contribution in [0.3, 0.4) is 0 Å². The summed E-state index contributed by atoms with van der Waals surface area (Å²) in [5.74, 6) is 1.70. The lowest BCUT2D eigenvalue weighted by atomic mass is 10.2. The van der Waals surface area contributed by atoms with Crippen LogP contribution in [0.1, 0.15) is 37.8 Å². The lowest BCUT2D eigenvalue weighted by Crippen LogP contribution is -2.31. The van der Waals surface area contributed by atoms with Gasteiger partial charge in [0.2, 0.25) is 5.91 Å². The van der Waals surface area contributed by atoms with Gasteiger partial charge in [0.15, 0.2) is 5.82 Å². The van der Waals surface area contributed by atoms with Gasteiger partial charge in [-0.05, 0) is 31.9 Å². The number of thioether (sulfide) groups is 1. The van der Waals surface area contributed by atoms with Gasteiger partial charge in [0.25, 0.3) is 5.69 Å². The fraction of sp³-hybridized carbons (Fsp3) is 0.471. The van der Waals surface area contributed by atoms with Gasteiger partial charge in [0.1, 0.15) is 5.82 Å². The number of rotatable bonds is 6. The molecule has 0 aliphatic carbocycles. The second-order valence-corrected chi connectivity index (χ2v) is 7.64. The van der Waals surface area contributed by atoms with Crippen LogP contribution in [0.4, 0.5) is 5.69 Å². The first-order valence-electron chi connectivity index (χ1n) is 8.64. The van der Waals surface area contributed by atoms with Gasteiger partial charge >= 0.3 is 0 Å². The molecule has 1 atom stereocenters. The molecule has 1 aliphatic heterocycles. The molecule has 1 amide bonds. The first kappa shape index (κ1) is 18.4. The standard InChI is InChI=1S/C17H21N5O3S/c1-12(26-14-8-6-13(7-9-14)22(24)25)17(23)18-11-16-20-19-15-5-3-2-4-10-21(15)16/h6-9,12H,2-5,10-11H2,1H3,(H,18,23). The zero-order valence-corrected chi connectivity index (χ0v) is 15.4. The quantitative estimate of drug-likeness (QED) is 0.473. The van der Waals surface area contributed by atoms with Crippen molar-refractivity contribution in [1.82, 2.24) is 20.1 Å². The lowest BCUT2D eigenvalue weighted by Gasteiger charge is -2.12. The van der Waals surface area contributed by atoms with Gasteiger partial charge in [0.05, 0.1) is 16.7 Å². The number of carbonyl (C=O) groups is 1. The molecule has 0 bridgehead atoms. The molecule has 0 saturated carbocycles. The third-order valence-electron chi connectivity index (χ3n) is 4.34. The highest BCUT2D eigenvalue weighted by Gasteiger charge is 2.18. The fourth-order valence-corrected chi connectivity index (χ4v) is 3.78. The largest absolute Gasteiger partial charge is 0.348 e. The van der Waals surface area contributed by atoms with Crippen LogP contribution in [0.25, 0.3) is 0 Å². The van der Waals surface area contributed by atoms with Crippen molar-refractivity contribution in [3.05, 3.63) is 46.0 Å². The van der Waals surface area contributed by atoms with Crippen molar-refractivity contribution in [2.24, 2.45) is 0 Å². The molecule has 26 heavy (non-hydrogen) atoms. The first-order chi connectivity index (χ1) is 12.5. The Balaban J connectivity index is 1.54. The number of nitro groups is 1. The summed E-state index contributed by atoms with van der Waals surface area (Å²) in [5.41, 5.74) is 0.0407. The van der Waals surface area contributed by atoms with Crippen molar-refractivity contribution >= 4 is 23.4 Å². The molecule has 3 rings (SSSR count). The monoisotopic (exact) mass is 375 g/mol. The summed E-state index contributed by atoms with van der Waals surface area (Å²) in [7, 11) is 0. The number of benzene rings is 1. The second kappa shape index (κ2) is 8.31. The van der Waals surface area contributed by atoms with Gasteiger partial charge in [-0.25, -0.2) is 0 Å². The number of nitrogens with one attached hydrogen (secondary N) is 1. The summed E-state index contributed by atoms with van der Waals surface area (Å²) >= 11 is 1.36. The Morgan fingerprint density at radius 3 is 2.81 bits per heavy atom. The highest BCUT2D eigenvalue weighted by Crippen LogP contribution is 2.25. The van der Waals surface area contributed by atoms with Crippen LogP contribution < -0.4 is 5.32 Å². The molecule has 8 nitrogen and oxygen atoms in total. The number of fused-ring (bicyclic) bond motifs is 1. The number of amides is 1. The van der Waals surface area contributed by atoms with E-state index in [1.807, 2.05) is 6.92 Å². The highest BCUT2D eigenvalue weighted by molar-refractivity contribution is 8.00. The van der Waals surface area contributed by atoms with E-state index in [4.69, 9.17) is 0 Å². The van der Waals surface area contributed by atoms with Crippen molar-refractivity contribution in [2.75, 3.05) is 0 Å². The molecule has 9 heteroatoms. The van der Waals surface area contributed by atoms with Crippen molar-refractivity contribution in [2.45, 2.75) is 55.8 Å². The topological polar surface area (TPSA) is 103 Å². The number of non-ortho nitro benzene ring substituents is 1. The highest BCUT2D eigenvalue weighted by atomic mass is 32.2. The molecular formula is C17H21N5O3S. The maximum atomic E-state index is 12.4. The Kier molecular flexibility index (Phi) is 5.87. The number of aromatic nitrogens is 3. The second-order valence-electron chi connectivity index (χ2n) is 6.22. The van der Waals surface area contributed by atoms with E-state index < -0.39 is 4.92 Å². The van der Waals surface area contributed by atoms with Crippen molar-refractivity contribution in [3.63, 3.8) is 0 Å². The minimum absolute atomic E-state index is 0.0407. The molecule has 1 aromatic heterocycles. The van der Waals surface area contributed by atoms with Gasteiger partial charge in [-0.2, -0.15) is 0 Å². The van der Waals surface area contributed by atoms with Gasteiger partial charge in [-0.15, -0.1) is 22.0 Å². The predicted molar refractivity (Wildman–Crippen MR) is 97.8 cm³/mol. The zero-order chi connectivity index (χ0) is 18.5. The van der Waals surface area contributed by atoms with E-state index in [0.29, 0.717) is 6.54 Å². The van der Waals surface area contributed by atoms with Crippen LogP contribution in [0.15, 0.2) is 29.2 Å². The molecule has 0 saturated heterocycles. The predicted octanol–water partition coefficient (Wildman–Crippen LogP) is 2.71. The maximum Gasteiger partial charge on any atom is 0.269 e. The SMILES string of the molecule is CC(Sc1ccc([N+](=O)[O-])cc1)C(=O)NCc1nnc2n1CCCCC2. The average molecular weight is 375 g/mol. The van der Waals surface area contributed by atoms with Crippen LogP contribution in [-0.2, 0) is 24.3 Å². The van der Waals surface area contributed by atoms with Crippen LogP contribution >= 0.6 is 11.8 Å². The molecule has 0 spiro atoms. The van der Waals surface area contributed by atoms with Crippen molar-refractivity contribution < 1.29 is 9.72 Å². The third-order valence-corrected chi connectivity index (χ3v) is 5.45.